The topological polar surface area (TPSA) is 50.2 Å². The number of amides is 1. The summed E-state index contributed by atoms with van der Waals surface area (Å²) in [4.78, 5) is 14.6. The molecule has 1 N–H and O–H groups in total. The van der Waals surface area contributed by atoms with Crippen molar-refractivity contribution in [1.82, 2.24) is 20.0 Å². The van der Waals surface area contributed by atoms with Crippen LogP contribution in [0.5, 0.6) is 0 Å². The van der Waals surface area contributed by atoms with E-state index in [0.717, 1.165) is 36.9 Å². The minimum Gasteiger partial charge on any atom is -0.350 e. The van der Waals surface area contributed by atoms with Crippen molar-refractivity contribution in [2.75, 3.05) is 19.6 Å². The molecule has 7 heteroatoms. The van der Waals surface area contributed by atoms with Crippen LogP contribution in [0.4, 0.5) is 4.39 Å². The summed E-state index contributed by atoms with van der Waals surface area (Å²) in [5, 5.41) is 7.13. The minimum atomic E-state index is -0.393. The normalized spacial score (nSPS) is 16.2. The van der Waals surface area contributed by atoms with Gasteiger partial charge in [0.05, 0.1) is 10.7 Å². The van der Waals surface area contributed by atoms with Crippen LogP contribution in [0.15, 0.2) is 41.1 Å². The minimum absolute atomic E-state index is 0.136. The average Bonchev–Trinajstić information content (AvgIpc) is 3.07. The Bertz CT molecular complexity index is 841. The van der Waals surface area contributed by atoms with E-state index >= 15 is 0 Å². The maximum Gasteiger partial charge on any atom is 0.244 e. The van der Waals surface area contributed by atoms with Crippen molar-refractivity contribution >= 4 is 27.9 Å². The molecule has 0 bridgehead atoms. The highest BCUT2D eigenvalue weighted by Crippen LogP contribution is 2.18. The lowest BCUT2D eigenvalue weighted by Crippen LogP contribution is -2.45. The highest BCUT2D eigenvalue weighted by atomic mass is 79.9. The van der Waals surface area contributed by atoms with Crippen LogP contribution in [0.25, 0.3) is 11.8 Å². The fourth-order valence-electron chi connectivity index (χ4n) is 3.44. The van der Waals surface area contributed by atoms with E-state index in [4.69, 9.17) is 0 Å². The van der Waals surface area contributed by atoms with E-state index in [0.29, 0.717) is 17.2 Å². The van der Waals surface area contributed by atoms with Crippen molar-refractivity contribution in [3.63, 3.8) is 0 Å². The van der Waals surface area contributed by atoms with E-state index in [1.54, 1.807) is 30.6 Å². The first-order valence-corrected chi connectivity index (χ1v) is 10.4. The highest BCUT2D eigenvalue weighted by Gasteiger charge is 2.20. The van der Waals surface area contributed by atoms with Crippen molar-refractivity contribution in [3.8, 4) is 5.69 Å². The van der Waals surface area contributed by atoms with Gasteiger partial charge in [0, 0.05) is 37.9 Å². The maximum atomic E-state index is 14.4. The van der Waals surface area contributed by atoms with Crippen LogP contribution >= 0.6 is 15.9 Å². The lowest BCUT2D eigenvalue weighted by Gasteiger charge is -2.33. The van der Waals surface area contributed by atoms with Gasteiger partial charge in [0.15, 0.2) is 0 Å². The van der Waals surface area contributed by atoms with Crippen LogP contribution < -0.4 is 5.32 Å². The number of hydrogen-bond acceptors (Lipinski definition) is 3. The van der Waals surface area contributed by atoms with E-state index in [1.165, 1.54) is 16.8 Å². The molecule has 1 saturated heterocycles. The van der Waals surface area contributed by atoms with Gasteiger partial charge < -0.3 is 10.2 Å². The third-order valence-corrected chi connectivity index (χ3v) is 5.16. The molecule has 0 unspecified atom stereocenters. The maximum absolute atomic E-state index is 14.4. The second-order valence-electron chi connectivity index (χ2n) is 7.62. The van der Waals surface area contributed by atoms with E-state index in [-0.39, 0.29) is 11.9 Å². The molecule has 2 heterocycles. The molecule has 150 valence electrons. The molecule has 1 aliphatic heterocycles. The molecule has 1 aliphatic rings. The van der Waals surface area contributed by atoms with E-state index < -0.39 is 5.82 Å². The zero-order chi connectivity index (χ0) is 20.1. The Kier molecular flexibility index (Phi) is 7.02. The number of benzene rings is 1. The average molecular weight is 449 g/mol. The van der Waals surface area contributed by atoms with Crippen molar-refractivity contribution in [2.45, 2.75) is 32.7 Å². The molecule has 1 fully saturated rings. The van der Waals surface area contributed by atoms with Gasteiger partial charge in [0.25, 0.3) is 0 Å². The third kappa shape index (κ3) is 5.75. The summed E-state index contributed by atoms with van der Waals surface area (Å²) < 4.78 is 16.6. The van der Waals surface area contributed by atoms with Gasteiger partial charge in [-0.1, -0.05) is 19.9 Å². The van der Waals surface area contributed by atoms with Crippen molar-refractivity contribution < 1.29 is 9.18 Å². The Hall–Kier alpha value is -1.99. The summed E-state index contributed by atoms with van der Waals surface area (Å²) >= 11 is 3.30. The molecule has 1 amide bonds. The fourth-order valence-corrected chi connectivity index (χ4v) is 3.73. The number of hydrogen-bond donors (Lipinski definition) is 1. The van der Waals surface area contributed by atoms with Gasteiger partial charge in [0.1, 0.15) is 11.5 Å². The second kappa shape index (κ2) is 9.47. The molecule has 5 nitrogen and oxygen atoms in total. The molecular formula is C21H26BrFN4O. The molecule has 0 radical (unpaired) electrons. The van der Waals surface area contributed by atoms with Gasteiger partial charge in [-0.25, -0.2) is 9.07 Å². The lowest BCUT2D eigenvalue weighted by molar-refractivity contribution is -0.117. The van der Waals surface area contributed by atoms with Gasteiger partial charge in [-0.3, -0.25) is 4.79 Å². The summed E-state index contributed by atoms with van der Waals surface area (Å²) in [5.41, 5.74) is 0.995. The molecular weight excluding hydrogens is 423 g/mol. The Balaban J connectivity index is 1.52. The first-order chi connectivity index (χ1) is 13.4. The lowest BCUT2D eigenvalue weighted by atomic mass is 10.0. The first-order valence-electron chi connectivity index (χ1n) is 9.61. The smallest absolute Gasteiger partial charge is 0.244 e. The standard InChI is InChI=1S/C21H26BrFN4O/c1-15(2)13-26-9-7-18(8-10-26)25-21(28)6-4-16-3-5-20(19(23)11-16)27-14-17(22)12-24-27/h3-6,11-12,14-15,18H,7-10,13H2,1-2H3,(H,25,28)/b6-4+. The largest absolute Gasteiger partial charge is 0.350 e. The Morgan fingerprint density at radius 2 is 2.14 bits per heavy atom. The van der Waals surface area contributed by atoms with Crippen LogP contribution in [-0.4, -0.2) is 46.3 Å². The van der Waals surface area contributed by atoms with Crippen molar-refractivity contribution in [2.24, 2.45) is 5.92 Å². The Morgan fingerprint density at radius 3 is 2.75 bits per heavy atom. The number of aromatic nitrogens is 2. The first kappa shape index (κ1) is 20.7. The second-order valence-corrected chi connectivity index (χ2v) is 8.54. The summed E-state index contributed by atoms with van der Waals surface area (Å²) in [7, 11) is 0. The zero-order valence-electron chi connectivity index (χ0n) is 16.2. The number of likely N-dealkylation sites (tertiary alicyclic amines) is 1. The van der Waals surface area contributed by atoms with Gasteiger partial charge in [0.2, 0.25) is 5.91 Å². The SMILES string of the molecule is CC(C)CN1CCC(NC(=O)/C=C/c2ccc(-n3cc(Br)cn3)c(F)c2)CC1. The number of rotatable bonds is 6. The third-order valence-electron chi connectivity index (χ3n) is 4.75. The predicted octanol–water partition coefficient (Wildman–Crippen LogP) is 4.02. The molecule has 28 heavy (non-hydrogen) atoms. The molecule has 3 rings (SSSR count). The number of nitrogens with one attached hydrogen (secondary N) is 1. The molecule has 1 aromatic heterocycles. The summed E-state index contributed by atoms with van der Waals surface area (Å²) in [5.74, 6) is 0.133. The van der Waals surface area contributed by atoms with Crippen LogP contribution in [0.3, 0.4) is 0 Å². The van der Waals surface area contributed by atoms with Gasteiger partial charge in [-0.2, -0.15) is 5.10 Å². The van der Waals surface area contributed by atoms with Gasteiger partial charge in [-0.05, 0) is 58.5 Å². The fraction of sp³-hybridized carbons (Fsp3) is 0.429. The number of halogens is 2. The van der Waals surface area contributed by atoms with E-state index in [9.17, 15) is 9.18 Å². The predicted molar refractivity (Wildman–Crippen MR) is 113 cm³/mol. The quantitative estimate of drug-likeness (QED) is 0.678. The number of carbonyl (C=O) groups is 1. The molecule has 0 spiro atoms. The summed E-state index contributed by atoms with van der Waals surface area (Å²) in [6.07, 6.45) is 8.33. The summed E-state index contributed by atoms with van der Waals surface area (Å²) in [6, 6.07) is 5.02. The molecule has 1 aromatic carbocycles. The van der Waals surface area contributed by atoms with Crippen LogP contribution in [0, 0.1) is 11.7 Å². The van der Waals surface area contributed by atoms with Crippen LogP contribution in [0.1, 0.15) is 32.3 Å². The molecule has 0 aliphatic carbocycles. The highest BCUT2D eigenvalue weighted by molar-refractivity contribution is 9.10. The number of piperidine rings is 1. The zero-order valence-corrected chi connectivity index (χ0v) is 17.8. The van der Waals surface area contributed by atoms with Crippen LogP contribution in [0.2, 0.25) is 0 Å². The van der Waals surface area contributed by atoms with Gasteiger partial charge in [-0.15, -0.1) is 0 Å². The van der Waals surface area contributed by atoms with E-state index in [1.807, 2.05) is 0 Å². The molecule has 0 atom stereocenters. The number of nitrogens with zero attached hydrogens (tertiary/aromatic N) is 3. The van der Waals surface area contributed by atoms with E-state index in [2.05, 4.69) is 45.1 Å². The Morgan fingerprint density at radius 1 is 1.39 bits per heavy atom. The molecule has 2 aromatic rings. The van der Waals surface area contributed by atoms with Crippen LogP contribution in [-0.2, 0) is 4.79 Å². The van der Waals surface area contributed by atoms with Crippen molar-refractivity contribution in [1.29, 1.82) is 0 Å². The van der Waals surface area contributed by atoms with Crippen molar-refractivity contribution in [3.05, 3.63) is 52.5 Å². The summed E-state index contributed by atoms with van der Waals surface area (Å²) in [6.45, 7) is 7.59. The Labute approximate surface area is 173 Å². The van der Waals surface area contributed by atoms with Gasteiger partial charge >= 0.3 is 0 Å². The number of carbonyl (C=O) groups excluding carboxylic acids is 1. The monoisotopic (exact) mass is 448 g/mol. The molecule has 0 saturated carbocycles.